The van der Waals surface area contributed by atoms with E-state index in [1.807, 2.05) is 6.92 Å². The summed E-state index contributed by atoms with van der Waals surface area (Å²) in [5.41, 5.74) is 7.20. The molecule has 2 aromatic heterocycles. The van der Waals surface area contributed by atoms with E-state index >= 15 is 0 Å². The Morgan fingerprint density at radius 1 is 1.46 bits per heavy atom. The van der Waals surface area contributed by atoms with Gasteiger partial charge in [0.25, 0.3) is 0 Å². The fraction of sp³-hybridized carbons (Fsp3) is 0.143. The zero-order valence-corrected chi connectivity index (χ0v) is 9.64. The number of nitrogens with two attached hydrogens (primary N) is 1. The van der Waals surface area contributed by atoms with Gasteiger partial charge in [-0.2, -0.15) is 4.98 Å². The lowest BCUT2D eigenvalue weighted by atomic mass is 10.3. The van der Waals surface area contributed by atoms with Gasteiger partial charge in [0.15, 0.2) is 0 Å². The molecule has 0 bridgehead atoms. The number of H-pyrrole nitrogens is 1. The van der Waals surface area contributed by atoms with Gasteiger partial charge >= 0.3 is 0 Å². The van der Waals surface area contributed by atoms with Crippen LogP contribution in [-0.4, -0.2) is 15.0 Å². The van der Waals surface area contributed by atoms with Gasteiger partial charge in [-0.1, -0.05) is 11.6 Å². The van der Waals surface area contributed by atoms with Crippen molar-refractivity contribution < 1.29 is 0 Å². The van der Waals surface area contributed by atoms with Gasteiger partial charge in [0.2, 0.25) is 5.95 Å². The zero-order chi connectivity index (χ0) is 9.59. The van der Waals surface area contributed by atoms with Crippen LogP contribution in [0.15, 0.2) is 0 Å². The Hall–Kier alpha value is -0.560. The average Bonchev–Trinajstić information content (AvgIpc) is 2.27. The number of nitrogen functional groups attached to an aromatic ring is 1. The number of hydrogen-bond donors (Lipinski definition) is 2. The third kappa shape index (κ3) is 1.35. The fourth-order valence-electron chi connectivity index (χ4n) is 1.18. The molecule has 0 saturated carbocycles. The minimum Gasteiger partial charge on any atom is -0.368 e. The van der Waals surface area contributed by atoms with Crippen molar-refractivity contribution in [3.63, 3.8) is 0 Å². The molecule has 0 aromatic carbocycles. The van der Waals surface area contributed by atoms with Gasteiger partial charge in [-0.15, -0.1) is 0 Å². The molecule has 0 radical (unpaired) electrons. The summed E-state index contributed by atoms with van der Waals surface area (Å²) < 4.78 is 1.01. The number of fused-ring (bicyclic) bond motifs is 1. The quantitative estimate of drug-likeness (QED) is 0.578. The minimum atomic E-state index is 0.190. The predicted octanol–water partition coefficient (Wildman–Crippen LogP) is 2.11. The van der Waals surface area contributed by atoms with Crippen LogP contribution in [0.5, 0.6) is 0 Å². The molecule has 2 aromatic rings. The van der Waals surface area contributed by atoms with Crippen molar-refractivity contribution >= 4 is 51.2 Å². The Morgan fingerprint density at radius 3 is 2.85 bits per heavy atom. The third-order valence-electron chi connectivity index (χ3n) is 1.81. The van der Waals surface area contributed by atoms with Gasteiger partial charge in [-0.05, 0) is 35.1 Å². The number of aromatic amines is 1. The smallest absolute Gasteiger partial charge is 0.223 e. The van der Waals surface area contributed by atoms with Gasteiger partial charge in [-0.3, -0.25) is 0 Å². The maximum absolute atomic E-state index is 5.93. The van der Waals surface area contributed by atoms with E-state index in [1.165, 1.54) is 0 Å². The molecule has 0 aliphatic heterocycles. The van der Waals surface area contributed by atoms with Crippen LogP contribution < -0.4 is 5.73 Å². The number of nitrogens with zero attached hydrogens (tertiary/aromatic N) is 2. The molecule has 0 spiro atoms. The molecule has 13 heavy (non-hydrogen) atoms. The van der Waals surface area contributed by atoms with Crippen LogP contribution >= 0.6 is 34.2 Å². The average molecular weight is 309 g/mol. The molecule has 2 rings (SSSR count). The van der Waals surface area contributed by atoms with Crippen LogP contribution in [0.25, 0.3) is 11.0 Å². The molecular weight excluding hydrogens is 302 g/mol. The summed E-state index contributed by atoms with van der Waals surface area (Å²) in [5, 5.41) is 1.25. The van der Waals surface area contributed by atoms with E-state index in [4.69, 9.17) is 17.3 Å². The predicted molar refractivity (Wildman–Crippen MR) is 60.8 cm³/mol. The summed E-state index contributed by atoms with van der Waals surface area (Å²) in [4.78, 5) is 11.0. The van der Waals surface area contributed by atoms with Gasteiger partial charge in [0, 0.05) is 0 Å². The largest absolute Gasteiger partial charge is 0.368 e. The van der Waals surface area contributed by atoms with Crippen molar-refractivity contribution in [3.05, 3.63) is 14.4 Å². The molecule has 0 unspecified atom stereocenters. The Morgan fingerprint density at radius 2 is 2.15 bits per heavy atom. The highest BCUT2D eigenvalue weighted by Gasteiger charge is 2.11. The van der Waals surface area contributed by atoms with E-state index in [0.717, 1.165) is 14.7 Å². The second-order valence-corrected chi connectivity index (χ2v) is 4.10. The van der Waals surface area contributed by atoms with Crippen LogP contribution in [-0.2, 0) is 0 Å². The monoisotopic (exact) mass is 308 g/mol. The highest BCUT2D eigenvalue weighted by Crippen LogP contribution is 2.27. The van der Waals surface area contributed by atoms with E-state index < -0.39 is 0 Å². The molecule has 6 heteroatoms. The van der Waals surface area contributed by atoms with E-state index in [0.29, 0.717) is 10.8 Å². The lowest BCUT2D eigenvalue weighted by Crippen LogP contribution is -1.94. The Labute approximate surface area is 93.0 Å². The second kappa shape index (κ2) is 2.98. The molecule has 0 aliphatic rings. The van der Waals surface area contributed by atoms with Gasteiger partial charge in [0.1, 0.15) is 10.8 Å². The lowest BCUT2D eigenvalue weighted by molar-refractivity contribution is 1.21. The fourth-order valence-corrected chi connectivity index (χ4v) is 2.02. The summed E-state index contributed by atoms with van der Waals surface area (Å²) in [6.45, 7) is 1.96. The normalized spacial score (nSPS) is 11.0. The molecule has 0 saturated heterocycles. The van der Waals surface area contributed by atoms with Crippen molar-refractivity contribution in [1.29, 1.82) is 0 Å². The first-order valence-corrected chi connectivity index (χ1v) is 5.02. The first kappa shape index (κ1) is 9.01. The SMILES string of the molecule is Cc1c(I)[nH]c2nc(N)nc(Cl)c12. The van der Waals surface area contributed by atoms with Gasteiger partial charge in [0.05, 0.1) is 9.09 Å². The summed E-state index contributed by atoms with van der Waals surface area (Å²) in [7, 11) is 0. The van der Waals surface area contributed by atoms with Crippen molar-refractivity contribution in [3.8, 4) is 0 Å². The number of hydrogen-bond acceptors (Lipinski definition) is 3. The van der Waals surface area contributed by atoms with Crippen molar-refractivity contribution in [2.24, 2.45) is 0 Å². The van der Waals surface area contributed by atoms with E-state index in [1.54, 1.807) is 0 Å². The van der Waals surface area contributed by atoms with Crippen molar-refractivity contribution in [1.82, 2.24) is 15.0 Å². The molecule has 0 aliphatic carbocycles. The molecule has 0 atom stereocenters. The molecule has 68 valence electrons. The first-order chi connectivity index (χ1) is 6.09. The lowest BCUT2D eigenvalue weighted by Gasteiger charge is -1.95. The molecule has 0 fully saturated rings. The minimum absolute atomic E-state index is 0.190. The molecule has 2 heterocycles. The van der Waals surface area contributed by atoms with Crippen molar-refractivity contribution in [2.75, 3.05) is 5.73 Å². The summed E-state index contributed by atoms with van der Waals surface area (Å²) in [6.07, 6.45) is 0. The zero-order valence-electron chi connectivity index (χ0n) is 6.73. The van der Waals surface area contributed by atoms with Crippen LogP contribution in [0, 0.1) is 10.6 Å². The Kier molecular flexibility index (Phi) is 2.07. The topological polar surface area (TPSA) is 67.6 Å². The molecular formula is C7H6ClIN4. The second-order valence-electron chi connectivity index (χ2n) is 2.66. The number of aryl methyl sites for hydroxylation is 1. The maximum atomic E-state index is 5.93. The van der Waals surface area contributed by atoms with Crippen LogP contribution in [0.4, 0.5) is 5.95 Å². The van der Waals surface area contributed by atoms with Crippen LogP contribution in [0.2, 0.25) is 5.15 Å². The Bertz CT molecular complexity index is 479. The molecule has 3 N–H and O–H groups in total. The van der Waals surface area contributed by atoms with E-state index in [2.05, 4.69) is 37.5 Å². The third-order valence-corrected chi connectivity index (χ3v) is 3.17. The van der Waals surface area contributed by atoms with Crippen molar-refractivity contribution in [2.45, 2.75) is 6.92 Å². The molecule has 0 amide bonds. The van der Waals surface area contributed by atoms with E-state index in [9.17, 15) is 0 Å². The standard InChI is InChI=1S/C7H6ClIN4/c1-2-3-4(8)11-7(10)13-6(3)12-5(2)9/h1H3,(H3,10,11,12,13). The summed E-state index contributed by atoms with van der Waals surface area (Å²) in [5.74, 6) is 0.190. The Balaban J connectivity index is 2.94. The summed E-state index contributed by atoms with van der Waals surface area (Å²) >= 11 is 8.11. The van der Waals surface area contributed by atoms with Gasteiger partial charge < -0.3 is 10.7 Å². The molecule has 4 nitrogen and oxygen atoms in total. The number of nitrogens with one attached hydrogen (secondary N) is 1. The van der Waals surface area contributed by atoms with E-state index in [-0.39, 0.29) is 5.95 Å². The number of halogens is 2. The highest BCUT2D eigenvalue weighted by atomic mass is 127. The van der Waals surface area contributed by atoms with Gasteiger partial charge in [-0.25, -0.2) is 4.98 Å². The van der Waals surface area contributed by atoms with Crippen LogP contribution in [0.3, 0.4) is 0 Å². The first-order valence-electron chi connectivity index (χ1n) is 3.56. The summed E-state index contributed by atoms with van der Waals surface area (Å²) in [6, 6.07) is 0. The highest BCUT2D eigenvalue weighted by molar-refractivity contribution is 14.1. The maximum Gasteiger partial charge on any atom is 0.223 e. The van der Waals surface area contributed by atoms with Crippen LogP contribution in [0.1, 0.15) is 5.56 Å². The number of anilines is 1. The number of rotatable bonds is 0. The number of aromatic nitrogens is 3.